The average molecular weight is 306 g/mol. The molecule has 102 valence electrons. The largest absolute Gasteiger partial charge is 0.313 e. The lowest BCUT2D eigenvalue weighted by Gasteiger charge is -2.23. The average Bonchev–Trinajstić information content (AvgIpc) is 2.35. The molecule has 0 aliphatic heterocycles. The molecule has 0 radical (unpaired) electrons. The van der Waals surface area contributed by atoms with Crippen LogP contribution in [0.2, 0.25) is 10.0 Å². The molecule has 4 heteroatoms. The second-order valence-electron chi connectivity index (χ2n) is 4.37. The zero-order valence-corrected chi connectivity index (χ0v) is 13.5. The highest BCUT2D eigenvalue weighted by atomic mass is 35.5. The van der Waals surface area contributed by atoms with E-state index in [1.54, 1.807) is 0 Å². The van der Waals surface area contributed by atoms with E-state index in [0.29, 0.717) is 21.3 Å². The van der Waals surface area contributed by atoms with Crippen LogP contribution in [0.1, 0.15) is 33.6 Å². The fourth-order valence-corrected chi connectivity index (χ4v) is 3.40. The third-order valence-corrected chi connectivity index (χ3v) is 4.84. The van der Waals surface area contributed by atoms with Gasteiger partial charge in [-0.3, -0.25) is 0 Å². The first-order chi connectivity index (χ1) is 8.58. The number of thioether (sulfide) groups is 1. The van der Waals surface area contributed by atoms with E-state index in [-0.39, 0.29) is 0 Å². The van der Waals surface area contributed by atoms with Gasteiger partial charge in [0.15, 0.2) is 0 Å². The summed E-state index contributed by atoms with van der Waals surface area (Å²) in [6.45, 7) is 7.74. The Morgan fingerprint density at radius 1 is 1.22 bits per heavy atom. The maximum absolute atomic E-state index is 6.03. The van der Waals surface area contributed by atoms with Crippen molar-refractivity contribution in [3.05, 3.63) is 28.2 Å². The Bertz CT molecular complexity index is 371. The summed E-state index contributed by atoms with van der Waals surface area (Å²) in [6, 6.07) is 6.36. The molecule has 0 saturated heterocycles. The molecule has 2 atom stereocenters. The van der Waals surface area contributed by atoms with E-state index in [1.165, 1.54) is 11.3 Å². The monoisotopic (exact) mass is 305 g/mol. The second-order valence-corrected chi connectivity index (χ2v) is 6.63. The van der Waals surface area contributed by atoms with Gasteiger partial charge >= 0.3 is 0 Å². The molecule has 2 unspecified atom stereocenters. The van der Waals surface area contributed by atoms with Crippen molar-refractivity contribution < 1.29 is 0 Å². The van der Waals surface area contributed by atoms with Crippen LogP contribution in [-0.4, -0.2) is 17.8 Å². The van der Waals surface area contributed by atoms with Crippen molar-refractivity contribution in [1.29, 1.82) is 0 Å². The molecule has 1 rings (SSSR count). The summed E-state index contributed by atoms with van der Waals surface area (Å²) in [5.74, 6) is 0. The normalized spacial score (nSPS) is 14.5. The highest BCUT2D eigenvalue weighted by molar-refractivity contribution is 8.00. The summed E-state index contributed by atoms with van der Waals surface area (Å²) in [6.07, 6.45) is 2.30. The first-order valence-corrected chi connectivity index (χ1v) is 8.07. The zero-order valence-electron chi connectivity index (χ0n) is 11.2. The number of rotatable bonds is 7. The molecule has 0 heterocycles. The highest BCUT2D eigenvalue weighted by Gasteiger charge is 2.16. The Kier molecular flexibility index (Phi) is 7.47. The Balaban J connectivity index is 2.61. The number of hydrogen-bond acceptors (Lipinski definition) is 2. The smallest absolute Gasteiger partial charge is 0.0603 e. The van der Waals surface area contributed by atoms with E-state index in [9.17, 15) is 0 Å². The van der Waals surface area contributed by atoms with Gasteiger partial charge in [0.2, 0.25) is 0 Å². The molecule has 0 spiro atoms. The van der Waals surface area contributed by atoms with Gasteiger partial charge in [-0.15, -0.1) is 11.8 Å². The molecule has 0 fully saturated rings. The third-order valence-electron chi connectivity index (χ3n) is 2.88. The Labute approximate surface area is 125 Å². The van der Waals surface area contributed by atoms with Crippen molar-refractivity contribution in [3.8, 4) is 0 Å². The molecular formula is C14H21Cl2NS. The molecule has 0 aromatic heterocycles. The molecule has 18 heavy (non-hydrogen) atoms. The summed E-state index contributed by atoms with van der Waals surface area (Å²) in [7, 11) is 0. The van der Waals surface area contributed by atoms with E-state index in [4.69, 9.17) is 23.2 Å². The fourth-order valence-electron chi connectivity index (χ4n) is 1.82. The number of benzene rings is 1. The summed E-state index contributed by atoms with van der Waals surface area (Å²) in [5.41, 5.74) is 0. The Hall–Kier alpha value is 0.110. The third kappa shape index (κ3) is 5.00. The van der Waals surface area contributed by atoms with Crippen molar-refractivity contribution in [3.63, 3.8) is 0 Å². The van der Waals surface area contributed by atoms with Crippen LogP contribution in [0.5, 0.6) is 0 Å². The summed E-state index contributed by atoms with van der Waals surface area (Å²) >= 11 is 13.8. The minimum absolute atomic E-state index is 0.513. The van der Waals surface area contributed by atoms with E-state index in [1.807, 2.05) is 30.0 Å². The van der Waals surface area contributed by atoms with Gasteiger partial charge in [-0.25, -0.2) is 0 Å². The standard InChI is InChI=1S/C14H21Cl2NS/c1-4-8-17-14(5-2)10(3)18-11-6-7-12(15)13(16)9-11/h6-7,9-10,14,17H,4-5,8H2,1-3H3. The van der Waals surface area contributed by atoms with E-state index < -0.39 is 0 Å². The van der Waals surface area contributed by atoms with Gasteiger partial charge in [0.25, 0.3) is 0 Å². The molecule has 0 aliphatic carbocycles. The molecule has 0 aliphatic rings. The molecule has 1 aromatic carbocycles. The van der Waals surface area contributed by atoms with Crippen molar-refractivity contribution in [1.82, 2.24) is 5.32 Å². The molecule has 0 saturated carbocycles. The van der Waals surface area contributed by atoms with Gasteiger partial charge in [0.1, 0.15) is 0 Å². The van der Waals surface area contributed by atoms with Crippen LogP contribution in [0.4, 0.5) is 0 Å². The molecule has 1 aromatic rings. The first-order valence-electron chi connectivity index (χ1n) is 6.43. The minimum atomic E-state index is 0.513. The Morgan fingerprint density at radius 3 is 2.50 bits per heavy atom. The zero-order chi connectivity index (χ0) is 13.5. The Morgan fingerprint density at radius 2 is 1.94 bits per heavy atom. The van der Waals surface area contributed by atoms with Gasteiger partial charge in [0, 0.05) is 16.2 Å². The van der Waals surface area contributed by atoms with Gasteiger partial charge < -0.3 is 5.32 Å². The van der Waals surface area contributed by atoms with Crippen LogP contribution in [0.3, 0.4) is 0 Å². The lowest BCUT2D eigenvalue weighted by atomic mass is 10.1. The van der Waals surface area contributed by atoms with Gasteiger partial charge in [-0.2, -0.15) is 0 Å². The summed E-state index contributed by atoms with van der Waals surface area (Å²) in [5, 5.41) is 5.34. The fraction of sp³-hybridized carbons (Fsp3) is 0.571. The molecule has 0 bridgehead atoms. The quantitative estimate of drug-likeness (QED) is 0.690. The highest BCUT2D eigenvalue weighted by Crippen LogP contribution is 2.31. The van der Waals surface area contributed by atoms with Crippen molar-refractivity contribution in [2.75, 3.05) is 6.54 Å². The minimum Gasteiger partial charge on any atom is -0.313 e. The van der Waals surface area contributed by atoms with Gasteiger partial charge in [-0.05, 0) is 37.6 Å². The van der Waals surface area contributed by atoms with Crippen molar-refractivity contribution >= 4 is 35.0 Å². The summed E-state index contributed by atoms with van der Waals surface area (Å²) < 4.78 is 0. The maximum Gasteiger partial charge on any atom is 0.0603 e. The van der Waals surface area contributed by atoms with Crippen molar-refractivity contribution in [2.24, 2.45) is 0 Å². The van der Waals surface area contributed by atoms with Crippen LogP contribution >= 0.6 is 35.0 Å². The van der Waals surface area contributed by atoms with Crippen LogP contribution < -0.4 is 5.32 Å². The van der Waals surface area contributed by atoms with Gasteiger partial charge in [0.05, 0.1) is 10.0 Å². The predicted octanol–water partition coefficient (Wildman–Crippen LogP) is 5.25. The van der Waals surface area contributed by atoms with Crippen LogP contribution in [0.25, 0.3) is 0 Å². The van der Waals surface area contributed by atoms with Crippen LogP contribution in [0, 0.1) is 0 Å². The maximum atomic E-state index is 6.03. The number of halogens is 2. The lowest BCUT2D eigenvalue weighted by molar-refractivity contribution is 0.494. The molecule has 1 N–H and O–H groups in total. The number of nitrogens with one attached hydrogen (secondary N) is 1. The summed E-state index contributed by atoms with van der Waals surface area (Å²) in [4.78, 5) is 1.17. The van der Waals surface area contributed by atoms with Crippen LogP contribution in [0.15, 0.2) is 23.1 Å². The molecule has 1 nitrogen and oxygen atoms in total. The van der Waals surface area contributed by atoms with Crippen molar-refractivity contribution in [2.45, 2.75) is 49.8 Å². The topological polar surface area (TPSA) is 12.0 Å². The number of hydrogen-bond donors (Lipinski definition) is 1. The van der Waals surface area contributed by atoms with E-state index in [0.717, 1.165) is 13.0 Å². The lowest BCUT2D eigenvalue weighted by Crippen LogP contribution is -2.36. The first kappa shape index (κ1) is 16.2. The second kappa shape index (κ2) is 8.31. The predicted molar refractivity (Wildman–Crippen MR) is 84.2 cm³/mol. The van der Waals surface area contributed by atoms with Gasteiger partial charge in [-0.1, -0.05) is 44.0 Å². The molecular weight excluding hydrogens is 285 g/mol. The molecule has 0 amide bonds. The SMILES string of the molecule is CCCNC(CC)C(C)Sc1ccc(Cl)c(Cl)c1. The van der Waals surface area contributed by atoms with Crippen LogP contribution in [-0.2, 0) is 0 Å². The van der Waals surface area contributed by atoms with E-state index >= 15 is 0 Å². The van der Waals surface area contributed by atoms with E-state index in [2.05, 4.69) is 26.1 Å².